The summed E-state index contributed by atoms with van der Waals surface area (Å²) < 4.78 is 31.4. The topological polar surface area (TPSA) is 141 Å². The molecule has 0 unspecified atom stereocenters. The quantitative estimate of drug-likeness (QED) is 0.475. The SMILES string of the molecule is Cc1cc(CNS(=O)(=O)c2cccc(N)c2[N+](=O)[O-])on1. The Balaban J connectivity index is 2.32. The molecule has 9 nitrogen and oxygen atoms in total. The lowest BCUT2D eigenvalue weighted by Crippen LogP contribution is -2.24. The number of nitrogens with two attached hydrogens (primary N) is 1. The number of aryl methyl sites for hydroxylation is 1. The van der Waals surface area contributed by atoms with E-state index in [1.54, 1.807) is 13.0 Å². The number of para-hydroxylation sites is 1. The maximum atomic E-state index is 12.2. The summed E-state index contributed by atoms with van der Waals surface area (Å²) in [6, 6.07) is 5.26. The zero-order valence-electron chi connectivity index (χ0n) is 10.9. The van der Waals surface area contributed by atoms with Crippen molar-refractivity contribution in [3.05, 3.63) is 45.8 Å². The summed E-state index contributed by atoms with van der Waals surface area (Å²) in [5.41, 5.74) is 5.19. The zero-order valence-corrected chi connectivity index (χ0v) is 11.8. The second-order valence-corrected chi connectivity index (χ2v) is 5.95. The molecule has 0 atom stereocenters. The molecule has 1 aromatic carbocycles. The van der Waals surface area contributed by atoms with Gasteiger partial charge in [-0.15, -0.1) is 0 Å². The average molecular weight is 312 g/mol. The Kier molecular flexibility index (Phi) is 3.91. The molecule has 2 aromatic rings. The number of hydrogen-bond acceptors (Lipinski definition) is 7. The van der Waals surface area contributed by atoms with E-state index in [0.29, 0.717) is 11.5 Å². The molecule has 1 aromatic heterocycles. The number of nitro groups is 1. The van der Waals surface area contributed by atoms with Crippen LogP contribution in [0.25, 0.3) is 0 Å². The second kappa shape index (κ2) is 5.50. The third-order valence-electron chi connectivity index (χ3n) is 2.62. The molecule has 2 rings (SSSR count). The predicted molar refractivity (Wildman–Crippen MR) is 72.8 cm³/mol. The van der Waals surface area contributed by atoms with Crippen LogP contribution in [0.15, 0.2) is 33.7 Å². The summed E-state index contributed by atoms with van der Waals surface area (Å²) >= 11 is 0. The van der Waals surface area contributed by atoms with Gasteiger partial charge in [-0.3, -0.25) is 10.1 Å². The van der Waals surface area contributed by atoms with Crippen molar-refractivity contribution in [2.75, 3.05) is 5.73 Å². The molecule has 0 aliphatic rings. The van der Waals surface area contributed by atoms with Gasteiger partial charge >= 0.3 is 5.69 Å². The second-order valence-electron chi connectivity index (χ2n) is 4.21. The van der Waals surface area contributed by atoms with Crippen molar-refractivity contribution >= 4 is 21.4 Å². The molecule has 0 aliphatic carbocycles. The van der Waals surface area contributed by atoms with Gasteiger partial charge in [0.1, 0.15) is 5.69 Å². The van der Waals surface area contributed by atoms with Gasteiger partial charge in [-0.25, -0.2) is 13.1 Å². The van der Waals surface area contributed by atoms with Crippen molar-refractivity contribution in [3.63, 3.8) is 0 Å². The maximum Gasteiger partial charge on any atom is 0.312 e. The van der Waals surface area contributed by atoms with E-state index < -0.39 is 25.5 Å². The lowest BCUT2D eigenvalue weighted by molar-refractivity contribution is -0.386. The van der Waals surface area contributed by atoms with Crippen LogP contribution >= 0.6 is 0 Å². The minimum absolute atomic E-state index is 0.172. The highest BCUT2D eigenvalue weighted by molar-refractivity contribution is 7.89. The van der Waals surface area contributed by atoms with Crippen molar-refractivity contribution < 1.29 is 17.9 Å². The maximum absolute atomic E-state index is 12.2. The first-order valence-electron chi connectivity index (χ1n) is 5.76. The minimum atomic E-state index is -4.11. The van der Waals surface area contributed by atoms with E-state index in [9.17, 15) is 18.5 Å². The normalized spacial score (nSPS) is 11.5. The predicted octanol–water partition coefficient (Wildman–Crippen LogP) is 0.952. The number of aromatic nitrogens is 1. The summed E-state index contributed by atoms with van der Waals surface area (Å²) in [6.07, 6.45) is 0. The van der Waals surface area contributed by atoms with Crippen LogP contribution in [-0.4, -0.2) is 18.5 Å². The van der Waals surface area contributed by atoms with Gasteiger partial charge in [-0.2, -0.15) is 0 Å². The van der Waals surface area contributed by atoms with E-state index in [1.165, 1.54) is 12.1 Å². The van der Waals surface area contributed by atoms with Gasteiger partial charge in [-0.1, -0.05) is 11.2 Å². The molecule has 0 amide bonds. The van der Waals surface area contributed by atoms with Crippen LogP contribution in [0.1, 0.15) is 11.5 Å². The fourth-order valence-corrected chi connectivity index (χ4v) is 2.89. The summed E-state index contributed by atoms with van der Waals surface area (Å²) in [5.74, 6) is 0.294. The zero-order chi connectivity index (χ0) is 15.6. The number of benzene rings is 1. The number of nitrogen functional groups attached to an aromatic ring is 1. The highest BCUT2D eigenvalue weighted by atomic mass is 32.2. The molecule has 0 fully saturated rings. The summed E-state index contributed by atoms with van der Waals surface area (Å²) in [6.45, 7) is 1.51. The molecule has 0 radical (unpaired) electrons. The lowest BCUT2D eigenvalue weighted by atomic mass is 10.3. The fraction of sp³-hybridized carbons (Fsp3) is 0.182. The molecule has 10 heteroatoms. The standard InChI is InChI=1S/C11H12N4O5S/c1-7-5-8(20-14-7)6-13-21(18,19)10-4-2-3-9(12)11(10)15(16)17/h2-5,13H,6,12H2,1H3. The number of anilines is 1. The Labute approximate surface area is 119 Å². The van der Waals surface area contributed by atoms with Gasteiger partial charge in [-0.05, 0) is 19.1 Å². The van der Waals surface area contributed by atoms with Crippen LogP contribution in [0.5, 0.6) is 0 Å². The summed E-state index contributed by atoms with van der Waals surface area (Å²) in [5, 5.41) is 14.6. The van der Waals surface area contributed by atoms with Crippen LogP contribution in [0.2, 0.25) is 0 Å². The number of nitrogens with zero attached hydrogens (tertiary/aromatic N) is 2. The fourth-order valence-electron chi connectivity index (χ4n) is 1.70. The molecule has 3 N–H and O–H groups in total. The largest absolute Gasteiger partial charge is 0.393 e. The smallest absolute Gasteiger partial charge is 0.312 e. The molecule has 112 valence electrons. The molecule has 0 bridgehead atoms. The van der Waals surface area contributed by atoms with Crippen molar-refractivity contribution in [3.8, 4) is 0 Å². The first kappa shape index (κ1) is 14.9. The number of hydrogen-bond donors (Lipinski definition) is 2. The molecular formula is C11H12N4O5S. The highest BCUT2D eigenvalue weighted by Gasteiger charge is 2.28. The van der Waals surface area contributed by atoms with Gasteiger partial charge in [0.25, 0.3) is 0 Å². The monoisotopic (exact) mass is 312 g/mol. The Morgan fingerprint density at radius 1 is 1.48 bits per heavy atom. The van der Waals surface area contributed by atoms with Crippen molar-refractivity contribution in [1.29, 1.82) is 0 Å². The summed E-state index contributed by atoms with van der Waals surface area (Å²) in [4.78, 5) is 9.64. The number of rotatable bonds is 5. The van der Waals surface area contributed by atoms with Crippen LogP contribution in [-0.2, 0) is 16.6 Å². The number of sulfonamides is 1. The van der Waals surface area contributed by atoms with E-state index in [0.717, 1.165) is 6.07 Å². The van der Waals surface area contributed by atoms with Gasteiger partial charge < -0.3 is 10.3 Å². The molecule has 0 aliphatic heterocycles. The Hall–Kier alpha value is -2.46. The summed E-state index contributed by atoms with van der Waals surface area (Å²) in [7, 11) is -4.11. The van der Waals surface area contributed by atoms with Crippen molar-refractivity contribution in [1.82, 2.24) is 9.88 Å². The highest BCUT2D eigenvalue weighted by Crippen LogP contribution is 2.29. The first-order chi connectivity index (χ1) is 9.81. The van der Waals surface area contributed by atoms with E-state index in [2.05, 4.69) is 9.88 Å². The van der Waals surface area contributed by atoms with Gasteiger partial charge in [0.2, 0.25) is 10.0 Å². The van der Waals surface area contributed by atoms with Crippen LogP contribution < -0.4 is 10.5 Å². The third-order valence-corrected chi connectivity index (χ3v) is 4.05. The third kappa shape index (κ3) is 3.17. The molecule has 1 heterocycles. The molecular weight excluding hydrogens is 300 g/mol. The first-order valence-corrected chi connectivity index (χ1v) is 7.24. The van der Waals surface area contributed by atoms with E-state index >= 15 is 0 Å². The van der Waals surface area contributed by atoms with Crippen LogP contribution in [0, 0.1) is 17.0 Å². The van der Waals surface area contributed by atoms with Gasteiger partial charge in [0.15, 0.2) is 10.7 Å². The Morgan fingerprint density at radius 2 is 2.19 bits per heavy atom. The van der Waals surface area contributed by atoms with Crippen molar-refractivity contribution in [2.24, 2.45) is 0 Å². The number of nitrogens with one attached hydrogen (secondary N) is 1. The van der Waals surface area contributed by atoms with E-state index in [4.69, 9.17) is 10.3 Å². The molecule has 21 heavy (non-hydrogen) atoms. The van der Waals surface area contributed by atoms with Crippen LogP contribution in [0.4, 0.5) is 11.4 Å². The van der Waals surface area contributed by atoms with Gasteiger partial charge in [0.05, 0.1) is 17.2 Å². The van der Waals surface area contributed by atoms with Crippen molar-refractivity contribution in [2.45, 2.75) is 18.4 Å². The molecule has 0 spiro atoms. The molecule has 0 saturated heterocycles. The minimum Gasteiger partial charge on any atom is -0.393 e. The molecule has 0 saturated carbocycles. The van der Waals surface area contributed by atoms with E-state index in [1.807, 2.05) is 0 Å². The average Bonchev–Trinajstić information content (AvgIpc) is 2.82. The van der Waals surface area contributed by atoms with E-state index in [-0.39, 0.29) is 12.2 Å². The number of nitro benzene ring substituents is 1. The Morgan fingerprint density at radius 3 is 2.76 bits per heavy atom. The lowest BCUT2D eigenvalue weighted by Gasteiger charge is -2.07. The Bertz CT molecular complexity index is 784. The van der Waals surface area contributed by atoms with Gasteiger partial charge in [0, 0.05) is 6.07 Å². The van der Waals surface area contributed by atoms with Crippen LogP contribution in [0.3, 0.4) is 0 Å².